The molecule has 0 aromatic carbocycles. The fraction of sp³-hybridized carbons (Fsp3) is 0.906. The van der Waals surface area contributed by atoms with Crippen molar-refractivity contribution >= 4 is 17.6 Å². The first kappa shape index (κ1) is 35.6. The summed E-state index contributed by atoms with van der Waals surface area (Å²) >= 11 is 0. The number of Topliss-reactive ketones (excluding diaryl/α,β-unsaturated/α-hetero) is 2. The van der Waals surface area contributed by atoms with E-state index in [2.05, 4.69) is 19.2 Å². The van der Waals surface area contributed by atoms with Crippen molar-refractivity contribution in [1.29, 1.82) is 0 Å². The smallest absolute Gasteiger partial charge is 0.312 e. The highest BCUT2D eigenvalue weighted by Crippen LogP contribution is 2.17. The zero-order valence-electron chi connectivity index (χ0n) is 24.9. The quantitative estimate of drug-likeness (QED) is 0.100. The summed E-state index contributed by atoms with van der Waals surface area (Å²) in [6, 6.07) is -1.52. The molecular weight excluding hydrogens is 460 g/mol. The molecule has 2 unspecified atom stereocenters. The second-order valence-corrected chi connectivity index (χ2v) is 11.3. The molecule has 2 atom stereocenters. The number of amides is 2. The number of ketones is 2. The van der Waals surface area contributed by atoms with Crippen LogP contribution in [0.4, 0.5) is 4.79 Å². The molecule has 0 spiro atoms. The minimum Gasteiger partial charge on any atom is -0.352 e. The number of urea groups is 1. The summed E-state index contributed by atoms with van der Waals surface area (Å²) in [5.41, 5.74) is 5.33. The third kappa shape index (κ3) is 22.3. The summed E-state index contributed by atoms with van der Waals surface area (Å²) < 4.78 is 0. The topological polar surface area (TPSA) is 89.3 Å². The largest absolute Gasteiger partial charge is 0.352 e. The second-order valence-electron chi connectivity index (χ2n) is 11.3. The van der Waals surface area contributed by atoms with Crippen LogP contribution in [0.15, 0.2) is 0 Å². The van der Waals surface area contributed by atoms with Gasteiger partial charge in [0.15, 0.2) is 5.78 Å². The Morgan fingerprint density at radius 1 is 0.514 bits per heavy atom. The predicted octanol–water partition coefficient (Wildman–Crippen LogP) is 9.20. The van der Waals surface area contributed by atoms with Gasteiger partial charge in [-0.05, 0) is 12.8 Å². The van der Waals surface area contributed by atoms with Crippen molar-refractivity contribution in [3.63, 3.8) is 0 Å². The molecular formula is C32H62N2O3. The van der Waals surface area contributed by atoms with Crippen molar-refractivity contribution in [2.75, 3.05) is 0 Å². The van der Waals surface area contributed by atoms with Crippen LogP contribution in [0, 0.1) is 5.92 Å². The molecule has 0 aromatic rings. The Hall–Kier alpha value is -1.39. The van der Waals surface area contributed by atoms with Crippen molar-refractivity contribution in [1.82, 2.24) is 5.32 Å². The molecule has 0 saturated heterocycles. The van der Waals surface area contributed by atoms with Crippen LogP contribution in [0.1, 0.15) is 175 Å². The third-order valence-corrected chi connectivity index (χ3v) is 7.71. The number of nitrogens with two attached hydrogens (primary N) is 1. The van der Waals surface area contributed by atoms with E-state index >= 15 is 0 Å². The summed E-state index contributed by atoms with van der Waals surface area (Å²) in [4.78, 5) is 37.1. The van der Waals surface area contributed by atoms with Gasteiger partial charge in [0.2, 0.25) is 0 Å². The van der Waals surface area contributed by atoms with Gasteiger partial charge < -0.3 is 11.1 Å². The monoisotopic (exact) mass is 522 g/mol. The average molecular weight is 523 g/mol. The van der Waals surface area contributed by atoms with E-state index in [0.29, 0.717) is 12.8 Å². The van der Waals surface area contributed by atoms with Crippen LogP contribution >= 0.6 is 0 Å². The van der Waals surface area contributed by atoms with Gasteiger partial charge in [-0.25, -0.2) is 4.79 Å². The molecule has 0 aliphatic heterocycles. The van der Waals surface area contributed by atoms with E-state index in [1.807, 2.05) is 0 Å². The van der Waals surface area contributed by atoms with Crippen molar-refractivity contribution in [3.8, 4) is 0 Å². The zero-order chi connectivity index (χ0) is 27.6. The number of hydrogen-bond acceptors (Lipinski definition) is 3. The van der Waals surface area contributed by atoms with Gasteiger partial charge in [-0.1, -0.05) is 149 Å². The summed E-state index contributed by atoms with van der Waals surface area (Å²) in [7, 11) is 0. The van der Waals surface area contributed by atoms with E-state index in [0.717, 1.165) is 38.5 Å². The fourth-order valence-corrected chi connectivity index (χ4v) is 5.13. The van der Waals surface area contributed by atoms with Crippen LogP contribution < -0.4 is 11.1 Å². The maximum Gasteiger partial charge on any atom is 0.312 e. The Morgan fingerprint density at radius 3 is 1.14 bits per heavy atom. The van der Waals surface area contributed by atoms with E-state index < -0.39 is 18.0 Å². The highest BCUT2D eigenvalue weighted by atomic mass is 16.2. The van der Waals surface area contributed by atoms with Gasteiger partial charge in [0.1, 0.15) is 5.78 Å². The van der Waals surface area contributed by atoms with Crippen LogP contribution in [0.25, 0.3) is 0 Å². The van der Waals surface area contributed by atoms with Crippen molar-refractivity contribution in [2.45, 2.75) is 181 Å². The molecule has 5 nitrogen and oxygen atoms in total. The molecule has 0 saturated carbocycles. The number of rotatable bonds is 28. The van der Waals surface area contributed by atoms with Crippen LogP contribution in [0.2, 0.25) is 0 Å². The molecule has 0 radical (unpaired) electrons. The summed E-state index contributed by atoms with van der Waals surface area (Å²) in [6.07, 6.45) is 28.0. The van der Waals surface area contributed by atoms with E-state index in [1.54, 1.807) is 6.92 Å². The van der Waals surface area contributed by atoms with E-state index in [1.165, 1.54) is 103 Å². The summed E-state index contributed by atoms with van der Waals surface area (Å²) in [5, 5.41) is 2.56. The Labute approximate surface area is 229 Å². The molecule has 3 N–H and O–H groups in total. The number of primary amides is 1. The average Bonchev–Trinajstić information content (AvgIpc) is 2.88. The first-order valence-electron chi connectivity index (χ1n) is 16.0. The highest BCUT2D eigenvalue weighted by molar-refractivity contribution is 5.94. The molecule has 5 heteroatoms. The van der Waals surface area contributed by atoms with E-state index in [4.69, 9.17) is 5.73 Å². The fourth-order valence-electron chi connectivity index (χ4n) is 5.13. The van der Waals surface area contributed by atoms with Crippen LogP contribution in [0.5, 0.6) is 0 Å². The first-order chi connectivity index (χ1) is 17.9. The van der Waals surface area contributed by atoms with Gasteiger partial charge in [0.05, 0.1) is 6.04 Å². The molecule has 0 bridgehead atoms. The Kier molecular flexibility index (Phi) is 25.2. The molecule has 0 fully saturated rings. The minimum atomic E-state index is -0.791. The third-order valence-electron chi connectivity index (χ3n) is 7.71. The molecule has 0 rings (SSSR count). The molecule has 0 aliphatic carbocycles. The lowest BCUT2D eigenvalue weighted by molar-refractivity contribution is -0.129. The number of nitrogens with one attached hydrogen (secondary N) is 1. The summed E-state index contributed by atoms with van der Waals surface area (Å²) in [6.45, 7) is 6.26. The Balaban J connectivity index is 4.04. The Bertz CT molecular complexity index is 564. The summed E-state index contributed by atoms with van der Waals surface area (Å²) in [5.74, 6) is -0.521. The van der Waals surface area contributed by atoms with Crippen molar-refractivity contribution < 1.29 is 14.4 Å². The molecule has 37 heavy (non-hydrogen) atoms. The minimum absolute atomic E-state index is 0.0574. The van der Waals surface area contributed by atoms with Crippen molar-refractivity contribution in [2.24, 2.45) is 11.7 Å². The lowest BCUT2D eigenvalue weighted by Gasteiger charge is -2.22. The number of hydrogen-bond donors (Lipinski definition) is 2. The van der Waals surface area contributed by atoms with Gasteiger partial charge >= 0.3 is 6.03 Å². The first-order valence-corrected chi connectivity index (χ1v) is 16.0. The van der Waals surface area contributed by atoms with E-state index in [-0.39, 0.29) is 11.6 Å². The highest BCUT2D eigenvalue weighted by Gasteiger charge is 2.30. The normalized spacial score (nSPS) is 12.8. The number of unbranched alkanes of at least 4 members (excludes halogenated alkanes) is 20. The lowest BCUT2D eigenvalue weighted by Crippen LogP contribution is -2.49. The van der Waals surface area contributed by atoms with E-state index in [9.17, 15) is 14.4 Å². The van der Waals surface area contributed by atoms with Gasteiger partial charge in [0.25, 0.3) is 0 Å². The molecule has 0 heterocycles. The van der Waals surface area contributed by atoms with Crippen LogP contribution in [0.3, 0.4) is 0 Å². The SMILES string of the molecule is CCCCCCCCCCCCCC(=O)C(C)C(NC(N)=O)C(=O)CCCCCCCCCCCCC. The lowest BCUT2D eigenvalue weighted by atomic mass is 9.89. The maximum atomic E-state index is 12.8. The molecule has 0 aromatic heterocycles. The predicted molar refractivity (Wildman–Crippen MR) is 158 cm³/mol. The van der Waals surface area contributed by atoms with Crippen LogP contribution in [-0.4, -0.2) is 23.6 Å². The standard InChI is InChI=1S/C32H62N2O3/c1-4-6-8-10-12-14-16-18-20-22-24-26-29(35)28(3)31(34-32(33)37)30(36)27-25-23-21-19-17-15-13-11-9-7-5-2/h28,31H,4-27H2,1-3H3,(H3,33,34,37). The van der Waals surface area contributed by atoms with Gasteiger partial charge in [-0.2, -0.15) is 0 Å². The van der Waals surface area contributed by atoms with Gasteiger partial charge in [-0.3, -0.25) is 9.59 Å². The van der Waals surface area contributed by atoms with Gasteiger partial charge in [-0.15, -0.1) is 0 Å². The number of carbonyl (C=O) groups is 3. The maximum absolute atomic E-state index is 12.8. The van der Waals surface area contributed by atoms with Crippen molar-refractivity contribution in [3.05, 3.63) is 0 Å². The molecule has 218 valence electrons. The second kappa shape index (κ2) is 26.2. The molecule has 0 aliphatic rings. The number of carbonyl (C=O) groups excluding carboxylic acids is 3. The zero-order valence-corrected chi connectivity index (χ0v) is 24.9. The Morgan fingerprint density at radius 2 is 0.811 bits per heavy atom. The van der Waals surface area contributed by atoms with Gasteiger partial charge in [0, 0.05) is 18.8 Å². The van der Waals surface area contributed by atoms with Crippen LogP contribution in [-0.2, 0) is 9.59 Å². The molecule has 2 amide bonds.